The number of carbonyl (C=O) groups excluding carboxylic acids is 2. The number of piperazine rings is 1. The summed E-state index contributed by atoms with van der Waals surface area (Å²) in [5, 5.41) is 2.73. The first-order valence-corrected chi connectivity index (χ1v) is 7.10. The number of hydrogen-bond donors (Lipinski definition) is 1. The molecule has 0 bridgehead atoms. The predicted octanol–water partition coefficient (Wildman–Crippen LogP) is 1.94. The third kappa shape index (κ3) is 2.68. The fraction of sp³-hybridized carbons (Fsp3) is 0.857. The fourth-order valence-corrected chi connectivity index (χ4v) is 2.90. The summed E-state index contributed by atoms with van der Waals surface area (Å²) in [5.41, 5.74) is -0.628. The molecule has 2 amide bonds. The first kappa shape index (κ1) is 15.0. The zero-order valence-corrected chi connectivity index (χ0v) is 12.1. The van der Waals surface area contributed by atoms with Gasteiger partial charge in [-0.2, -0.15) is 0 Å². The second-order valence-electron chi connectivity index (χ2n) is 5.32. The van der Waals surface area contributed by atoms with Crippen molar-refractivity contribution in [3.63, 3.8) is 0 Å². The van der Waals surface area contributed by atoms with Crippen molar-refractivity contribution >= 4 is 11.8 Å². The van der Waals surface area contributed by atoms with E-state index >= 15 is 0 Å². The Morgan fingerprint density at radius 2 is 1.89 bits per heavy atom. The van der Waals surface area contributed by atoms with Gasteiger partial charge in [0.2, 0.25) is 11.8 Å². The van der Waals surface area contributed by atoms with Gasteiger partial charge in [0, 0.05) is 6.54 Å². The molecule has 104 valence electrons. The van der Waals surface area contributed by atoms with Crippen LogP contribution in [0.25, 0.3) is 0 Å². The zero-order chi connectivity index (χ0) is 13.8. The molecule has 1 saturated heterocycles. The van der Waals surface area contributed by atoms with Gasteiger partial charge in [-0.05, 0) is 25.2 Å². The maximum atomic E-state index is 12.2. The molecule has 0 aromatic heterocycles. The van der Waals surface area contributed by atoms with Crippen LogP contribution in [-0.4, -0.2) is 35.3 Å². The minimum absolute atomic E-state index is 0.01000. The van der Waals surface area contributed by atoms with Crippen LogP contribution in [-0.2, 0) is 9.59 Å². The highest BCUT2D eigenvalue weighted by Crippen LogP contribution is 2.28. The van der Waals surface area contributed by atoms with Crippen molar-refractivity contribution in [3.8, 4) is 0 Å². The summed E-state index contributed by atoms with van der Waals surface area (Å²) in [4.78, 5) is 26.1. The van der Waals surface area contributed by atoms with E-state index in [9.17, 15) is 9.59 Å². The van der Waals surface area contributed by atoms with Crippen LogP contribution in [0.2, 0.25) is 0 Å². The van der Waals surface area contributed by atoms with Gasteiger partial charge < -0.3 is 10.2 Å². The van der Waals surface area contributed by atoms with Gasteiger partial charge in [-0.25, -0.2) is 0 Å². The number of carbonyl (C=O) groups is 2. The highest BCUT2D eigenvalue weighted by molar-refractivity contribution is 5.97. The molecule has 0 saturated carbocycles. The molecule has 1 atom stereocenters. The van der Waals surface area contributed by atoms with E-state index in [1.54, 1.807) is 0 Å². The van der Waals surface area contributed by atoms with E-state index < -0.39 is 5.54 Å². The summed E-state index contributed by atoms with van der Waals surface area (Å²) < 4.78 is 0. The Bertz CT molecular complexity index is 311. The number of nitrogens with zero attached hydrogens (tertiary/aromatic N) is 1. The molecule has 18 heavy (non-hydrogen) atoms. The van der Waals surface area contributed by atoms with Crippen LogP contribution in [0, 0.1) is 5.92 Å². The highest BCUT2D eigenvalue weighted by atomic mass is 16.2. The van der Waals surface area contributed by atoms with E-state index in [1.807, 2.05) is 18.7 Å². The standard InChI is InChI=1S/C14H26N2O2/c1-5-8-11(4)10-16-12(17)9-15-13(18)14(16,6-2)7-3/h11H,5-10H2,1-4H3,(H,15,18). The third-order valence-electron chi connectivity index (χ3n) is 4.09. The second kappa shape index (κ2) is 6.21. The molecule has 1 fully saturated rings. The summed E-state index contributed by atoms with van der Waals surface area (Å²) in [6.07, 6.45) is 3.56. The van der Waals surface area contributed by atoms with E-state index in [0.29, 0.717) is 25.3 Å². The first-order chi connectivity index (χ1) is 8.51. The topological polar surface area (TPSA) is 49.4 Å². The summed E-state index contributed by atoms with van der Waals surface area (Å²) in [6, 6.07) is 0. The molecule has 1 aliphatic rings. The molecule has 1 N–H and O–H groups in total. The summed E-state index contributed by atoms with van der Waals surface area (Å²) >= 11 is 0. The molecule has 1 rings (SSSR count). The van der Waals surface area contributed by atoms with Gasteiger partial charge in [-0.3, -0.25) is 9.59 Å². The summed E-state index contributed by atoms with van der Waals surface area (Å²) in [6.45, 7) is 9.12. The molecule has 0 aliphatic carbocycles. The van der Waals surface area contributed by atoms with Crippen molar-refractivity contribution in [2.45, 2.75) is 58.9 Å². The minimum Gasteiger partial charge on any atom is -0.345 e. The Balaban J connectivity index is 2.92. The largest absolute Gasteiger partial charge is 0.345 e. The van der Waals surface area contributed by atoms with Crippen LogP contribution < -0.4 is 5.32 Å². The average molecular weight is 254 g/mol. The maximum absolute atomic E-state index is 12.2. The van der Waals surface area contributed by atoms with E-state index in [4.69, 9.17) is 0 Å². The Hall–Kier alpha value is -1.06. The lowest BCUT2D eigenvalue weighted by molar-refractivity contribution is -0.155. The van der Waals surface area contributed by atoms with Gasteiger partial charge in [0.25, 0.3) is 0 Å². The summed E-state index contributed by atoms with van der Waals surface area (Å²) in [7, 11) is 0. The second-order valence-corrected chi connectivity index (χ2v) is 5.32. The molecule has 1 heterocycles. The Kier molecular flexibility index (Phi) is 5.17. The highest BCUT2D eigenvalue weighted by Gasteiger charge is 2.46. The molecule has 1 aliphatic heterocycles. The number of hydrogen-bond acceptors (Lipinski definition) is 2. The minimum atomic E-state index is -0.628. The van der Waals surface area contributed by atoms with Crippen LogP contribution in [0.4, 0.5) is 0 Å². The van der Waals surface area contributed by atoms with Crippen LogP contribution >= 0.6 is 0 Å². The van der Waals surface area contributed by atoms with Crippen molar-refractivity contribution in [2.24, 2.45) is 5.92 Å². The molecular weight excluding hydrogens is 228 g/mol. The lowest BCUT2D eigenvalue weighted by Gasteiger charge is -2.46. The normalized spacial score (nSPS) is 20.8. The van der Waals surface area contributed by atoms with E-state index in [1.165, 1.54) is 0 Å². The molecule has 0 radical (unpaired) electrons. The van der Waals surface area contributed by atoms with Crippen molar-refractivity contribution in [2.75, 3.05) is 13.1 Å². The molecule has 1 unspecified atom stereocenters. The fourth-order valence-electron chi connectivity index (χ4n) is 2.90. The van der Waals surface area contributed by atoms with E-state index in [2.05, 4.69) is 19.2 Å². The SMILES string of the molecule is CCCC(C)CN1C(=O)CNC(=O)C1(CC)CC. The van der Waals surface area contributed by atoms with Crippen molar-refractivity contribution in [1.82, 2.24) is 10.2 Å². The van der Waals surface area contributed by atoms with Crippen molar-refractivity contribution in [3.05, 3.63) is 0 Å². The monoisotopic (exact) mass is 254 g/mol. The van der Waals surface area contributed by atoms with Gasteiger partial charge >= 0.3 is 0 Å². The number of amides is 2. The third-order valence-corrected chi connectivity index (χ3v) is 4.09. The molecule has 4 nitrogen and oxygen atoms in total. The Labute approximate surface area is 110 Å². The quantitative estimate of drug-likeness (QED) is 0.787. The number of rotatable bonds is 6. The molecular formula is C14H26N2O2. The smallest absolute Gasteiger partial charge is 0.246 e. The molecule has 0 spiro atoms. The molecule has 4 heteroatoms. The molecule has 0 aromatic rings. The van der Waals surface area contributed by atoms with Gasteiger partial charge in [-0.1, -0.05) is 34.1 Å². The summed E-state index contributed by atoms with van der Waals surface area (Å²) in [5.74, 6) is 0.513. The van der Waals surface area contributed by atoms with Crippen molar-refractivity contribution < 1.29 is 9.59 Å². The van der Waals surface area contributed by atoms with Crippen LogP contribution in [0.5, 0.6) is 0 Å². The first-order valence-electron chi connectivity index (χ1n) is 7.10. The van der Waals surface area contributed by atoms with Crippen LogP contribution in [0.3, 0.4) is 0 Å². The van der Waals surface area contributed by atoms with Crippen LogP contribution in [0.15, 0.2) is 0 Å². The predicted molar refractivity (Wildman–Crippen MR) is 72.1 cm³/mol. The zero-order valence-electron chi connectivity index (χ0n) is 12.1. The van der Waals surface area contributed by atoms with E-state index in [-0.39, 0.29) is 18.4 Å². The number of nitrogens with one attached hydrogen (secondary N) is 1. The van der Waals surface area contributed by atoms with Gasteiger partial charge in [0.1, 0.15) is 5.54 Å². The van der Waals surface area contributed by atoms with Gasteiger partial charge in [0.05, 0.1) is 6.54 Å². The Morgan fingerprint density at radius 3 is 2.39 bits per heavy atom. The van der Waals surface area contributed by atoms with E-state index in [0.717, 1.165) is 12.8 Å². The van der Waals surface area contributed by atoms with Crippen molar-refractivity contribution in [1.29, 1.82) is 0 Å². The average Bonchev–Trinajstić information content (AvgIpc) is 2.35. The lowest BCUT2D eigenvalue weighted by atomic mass is 9.86. The van der Waals surface area contributed by atoms with Gasteiger partial charge in [-0.15, -0.1) is 0 Å². The lowest BCUT2D eigenvalue weighted by Crippen LogP contribution is -2.67. The van der Waals surface area contributed by atoms with Crippen LogP contribution in [0.1, 0.15) is 53.4 Å². The van der Waals surface area contributed by atoms with Gasteiger partial charge in [0.15, 0.2) is 0 Å². The molecule has 0 aromatic carbocycles. The maximum Gasteiger partial charge on any atom is 0.246 e. The Morgan fingerprint density at radius 1 is 1.28 bits per heavy atom.